The van der Waals surface area contributed by atoms with E-state index in [-0.39, 0.29) is 17.3 Å². The predicted molar refractivity (Wildman–Crippen MR) is 178 cm³/mol. The Morgan fingerprint density at radius 2 is 1.67 bits per heavy atom. The Balaban J connectivity index is 1.31. The van der Waals surface area contributed by atoms with Crippen molar-refractivity contribution in [1.82, 2.24) is 10.3 Å². The molecule has 1 atom stereocenters. The number of thioether (sulfide) groups is 1. The van der Waals surface area contributed by atoms with Crippen LogP contribution in [-0.2, 0) is 9.59 Å². The van der Waals surface area contributed by atoms with E-state index in [2.05, 4.69) is 20.9 Å². The second kappa shape index (κ2) is 14.4. The lowest BCUT2D eigenvalue weighted by molar-refractivity contribution is -0.384. The molecule has 0 aliphatic heterocycles. The summed E-state index contributed by atoms with van der Waals surface area (Å²) in [6.45, 7) is 1.92. The zero-order chi connectivity index (χ0) is 31.8. The van der Waals surface area contributed by atoms with Crippen molar-refractivity contribution in [3.05, 3.63) is 130 Å². The lowest BCUT2D eigenvalue weighted by atomic mass is 10.1. The lowest BCUT2D eigenvalue weighted by Crippen LogP contribution is -2.30. The van der Waals surface area contributed by atoms with Crippen molar-refractivity contribution in [3.63, 3.8) is 0 Å². The average Bonchev–Trinajstić information content (AvgIpc) is 3.46. The molecule has 1 heterocycles. The molecule has 0 spiro atoms. The third-order valence-electron chi connectivity index (χ3n) is 6.50. The minimum atomic E-state index is -0.597. The highest BCUT2D eigenvalue weighted by Crippen LogP contribution is 2.30. The zero-order valence-corrected chi connectivity index (χ0v) is 25.6. The molecule has 0 fully saturated rings. The number of nitrogens with one attached hydrogen (secondary N) is 3. The van der Waals surface area contributed by atoms with Crippen LogP contribution in [0.5, 0.6) is 0 Å². The summed E-state index contributed by atoms with van der Waals surface area (Å²) >= 11 is 2.77. The molecular weight excluding hydrogens is 611 g/mol. The molecule has 1 aromatic heterocycles. The topological polar surface area (TPSA) is 143 Å². The van der Waals surface area contributed by atoms with Gasteiger partial charge in [0.15, 0.2) is 5.13 Å². The predicted octanol–water partition coefficient (Wildman–Crippen LogP) is 7.12. The SMILES string of the molecule is CCC(Sc1cccc(NC(=O)/C(=C\c2ccc([N+](=O)[O-])cc2)NC(=O)c2ccccc2)c1)C(=O)Nc1nc2ccccc2s1. The van der Waals surface area contributed by atoms with Crippen LogP contribution in [0.25, 0.3) is 16.3 Å². The number of aromatic nitrogens is 1. The largest absolute Gasteiger partial charge is 0.321 e. The van der Waals surface area contributed by atoms with Gasteiger partial charge in [-0.15, -0.1) is 11.8 Å². The Bertz CT molecular complexity index is 1860. The van der Waals surface area contributed by atoms with Gasteiger partial charge in [0.2, 0.25) is 5.91 Å². The van der Waals surface area contributed by atoms with Gasteiger partial charge in [-0.3, -0.25) is 24.5 Å². The second-order valence-corrected chi connectivity index (χ2v) is 12.0. The van der Waals surface area contributed by atoms with Crippen LogP contribution < -0.4 is 16.0 Å². The Morgan fingerprint density at radius 3 is 2.38 bits per heavy atom. The summed E-state index contributed by atoms with van der Waals surface area (Å²) < 4.78 is 0.985. The van der Waals surface area contributed by atoms with Gasteiger partial charge < -0.3 is 16.0 Å². The highest BCUT2D eigenvalue weighted by molar-refractivity contribution is 8.00. The molecule has 5 aromatic rings. The normalized spacial score (nSPS) is 11.9. The molecule has 45 heavy (non-hydrogen) atoms. The number of nitro groups is 1. The molecule has 3 N–H and O–H groups in total. The minimum absolute atomic E-state index is 0.0580. The number of non-ortho nitro benzene ring substituents is 1. The maximum atomic E-state index is 13.5. The van der Waals surface area contributed by atoms with E-state index >= 15 is 0 Å². The van der Waals surface area contributed by atoms with E-state index in [0.717, 1.165) is 15.1 Å². The number of hydrogen-bond donors (Lipinski definition) is 3. The number of nitro benzene ring substituents is 1. The first-order chi connectivity index (χ1) is 21.8. The highest BCUT2D eigenvalue weighted by atomic mass is 32.2. The number of para-hydroxylation sites is 1. The van der Waals surface area contributed by atoms with Crippen molar-refractivity contribution in [1.29, 1.82) is 0 Å². The quantitative estimate of drug-likeness (QED) is 0.0605. The van der Waals surface area contributed by atoms with Crippen molar-refractivity contribution in [3.8, 4) is 0 Å². The molecule has 226 valence electrons. The first-order valence-corrected chi connectivity index (χ1v) is 15.6. The van der Waals surface area contributed by atoms with Crippen molar-refractivity contribution in [2.75, 3.05) is 10.6 Å². The zero-order valence-electron chi connectivity index (χ0n) is 23.9. The van der Waals surface area contributed by atoms with Crippen molar-refractivity contribution >= 4 is 73.6 Å². The smallest absolute Gasteiger partial charge is 0.272 e. The third-order valence-corrected chi connectivity index (χ3v) is 8.81. The highest BCUT2D eigenvalue weighted by Gasteiger charge is 2.21. The van der Waals surface area contributed by atoms with Crippen LogP contribution in [0.15, 0.2) is 114 Å². The number of fused-ring (bicyclic) bond motifs is 1. The second-order valence-electron chi connectivity index (χ2n) is 9.70. The number of carbonyl (C=O) groups is 3. The Kier molecular flexibility index (Phi) is 9.97. The van der Waals surface area contributed by atoms with Crippen LogP contribution in [-0.4, -0.2) is 32.9 Å². The van der Waals surface area contributed by atoms with E-state index in [9.17, 15) is 24.5 Å². The first kappa shape index (κ1) is 31.1. The standard InChI is InChI=1S/C33H27N5O5S2/c1-2-28(32(41)37-33-36-26-13-6-7-14-29(26)45-33)44-25-12-8-11-23(20-25)34-31(40)27(35-30(39)22-9-4-3-5-10-22)19-21-15-17-24(18-16-21)38(42)43/h3-20,28H,2H2,1H3,(H,34,40)(H,35,39)(H,36,37,41)/b27-19+. The fourth-order valence-corrected chi connectivity index (χ4v) is 6.13. The molecule has 1 unspecified atom stereocenters. The summed E-state index contributed by atoms with van der Waals surface area (Å²) in [7, 11) is 0. The number of nitrogens with zero attached hydrogens (tertiary/aromatic N) is 2. The van der Waals surface area contributed by atoms with E-state index in [1.54, 1.807) is 48.5 Å². The molecule has 0 bridgehead atoms. The maximum absolute atomic E-state index is 13.5. The van der Waals surface area contributed by atoms with Gasteiger partial charge in [-0.1, -0.05) is 54.7 Å². The summed E-state index contributed by atoms with van der Waals surface area (Å²) in [6, 6.07) is 28.8. The van der Waals surface area contributed by atoms with Crippen LogP contribution in [0, 0.1) is 10.1 Å². The number of hydrogen-bond acceptors (Lipinski definition) is 8. The van der Waals surface area contributed by atoms with Gasteiger partial charge in [-0.2, -0.15) is 0 Å². The number of thiazole rings is 1. The van der Waals surface area contributed by atoms with E-state index in [0.29, 0.717) is 28.4 Å². The Hall–Kier alpha value is -5.33. The summed E-state index contributed by atoms with van der Waals surface area (Å²) in [6.07, 6.45) is 2.00. The molecule has 0 saturated heterocycles. The van der Waals surface area contributed by atoms with Crippen LogP contribution in [0.2, 0.25) is 0 Å². The third kappa shape index (κ3) is 8.19. The van der Waals surface area contributed by atoms with Gasteiger partial charge >= 0.3 is 0 Å². The fourth-order valence-electron chi connectivity index (χ4n) is 4.25. The number of carbonyl (C=O) groups excluding carboxylic acids is 3. The summed E-state index contributed by atoms with van der Waals surface area (Å²) in [5.74, 6) is -1.26. The minimum Gasteiger partial charge on any atom is -0.321 e. The van der Waals surface area contributed by atoms with Gasteiger partial charge in [0.25, 0.3) is 17.5 Å². The number of anilines is 2. The lowest BCUT2D eigenvalue weighted by Gasteiger charge is -2.15. The van der Waals surface area contributed by atoms with Crippen LogP contribution >= 0.6 is 23.1 Å². The maximum Gasteiger partial charge on any atom is 0.272 e. The molecule has 5 rings (SSSR count). The van der Waals surface area contributed by atoms with E-state index in [4.69, 9.17) is 0 Å². The Labute approximate surface area is 266 Å². The molecule has 4 aromatic carbocycles. The van der Waals surface area contributed by atoms with Crippen LogP contribution in [0.4, 0.5) is 16.5 Å². The van der Waals surface area contributed by atoms with Gasteiger partial charge in [0.05, 0.1) is 20.4 Å². The van der Waals surface area contributed by atoms with Gasteiger partial charge in [-0.25, -0.2) is 4.98 Å². The molecule has 0 aliphatic carbocycles. The molecule has 10 nitrogen and oxygen atoms in total. The molecule has 0 saturated carbocycles. The molecule has 0 radical (unpaired) electrons. The monoisotopic (exact) mass is 637 g/mol. The molecule has 12 heteroatoms. The molecular formula is C33H27N5O5S2. The number of rotatable bonds is 11. The summed E-state index contributed by atoms with van der Waals surface area (Å²) in [5, 5.41) is 19.6. The summed E-state index contributed by atoms with van der Waals surface area (Å²) in [5.41, 5.74) is 1.96. The van der Waals surface area contributed by atoms with Crippen LogP contribution in [0.1, 0.15) is 29.3 Å². The number of benzene rings is 4. The fraction of sp³-hybridized carbons (Fsp3) is 0.0909. The average molecular weight is 638 g/mol. The molecule has 3 amide bonds. The first-order valence-electron chi connectivity index (χ1n) is 13.9. The van der Waals surface area contributed by atoms with Crippen molar-refractivity contribution in [2.45, 2.75) is 23.5 Å². The van der Waals surface area contributed by atoms with E-state index in [1.165, 1.54) is 53.4 Å². The number of amides is 3. The summed E-state index contributed by atoms with van der Waals surface area (Å²) in [4.78, 5) is 55.3. The van der Waals surface area contributed by atoms with E-state index in [1.807, 2.05) is 37.3 Å². The molecule has 0 aliphatic rings. The van der Waals surface area contributed by atoms with E-state index < -0.39 is 22.0 Å². The Morgan fingerprint density at radius 1 is 0.933 bits per heavy atom. The van der Waals surface area contributed by atoms with Gasteiger partial charge in [-0.05, 0) is 72.7 Å². The van der Waals surface area contributed by atoms with Crippen molar-refractivity contribution < 1.29 is 19.3 Å². The van der Waals surface area contributed by atoms with Gasteiger partial charge in [0.1, 0.15) is 5.70 Å². The van der Waals surface area contributed by atoms with Gasteiger partial charge in [0, 0.05) is 28.3 Å². The van der Waals surface area contributed by atoms with Crippen molar-refractivity contribution in [2.24, 2.45) is 0 Å². The van der Waals surface area contributed by atoms with Crippen LogP contribution in [0.3, 0.4) is 0 Å².